The molecule has 0 fully saturated rings. The molecule has 1 N–H and O–H groups in total. The number of ether oxygens (including phenoxy) is 5. The minimum Gasteiger partial charge on any atom is -0.507 e. The Bertz CT molecular complexity index is 1910. The van der Waals surface area contributed by atoms with E-state index in [4.69, 9.17) is 28.1 Å². The van der Waals surface area contributed by atoms with Gasteiger partial charge in [-0.2, -0.15) is 0 Å². The average Bonchev–Trinajstić information content (AvgIpc) is 3.04. The van der Waals surface area contributed by atoms with Crippen molar-refractivity contribution >= 4 is 16.9 Å². The van der Waals surface area contributed by atoms with Crippen molar-refractivity contribution in [3.8, 4) is 45.6 Å². The maximum Gasteiger partial charge on any atom is 0.312 e. The van der Waals surface area contributed by atoms with Crippen LogP contribution in [0, 0.1) is 0 Å². The van der Waals surface area contributed by atoms with Gasteiger partial charge >= 0.3 is 5.97 Å². The summed E-state index contributed by atoms with van der Waals surface area (Å²) >= 11 is 0. The van der Waals surface area contributed by atoms with Gasteiger partial charge in [-0.25, -0.2) is 0 Å². The van der Waals surface area contributed by atoms with E-state index in [0.717, 1.165) is 17.5 Å². The number of carbonyl (C=O) groups is 1. The first-order valence-corrected chi connectivity index (χ1v) is 14.0. The first-order chi connectivity index (χ1) is 21.4. The molecule has 1 atom stereocenters. The molecule has 2 heterocycles. The standard InChI is InChI=1S/C35H30O9/c1-39-26-11-9-22(16-28(26)40-2)24-19-43-35-32-23(17-31(37)44-30(32)18-25(36)33(35)34(24)38)21-10-12-27(29(15-21)41-3)42-14-13-20-7-5-4-6-8-20/h4-12,15-16,18-19,23,36H,13-14,17H2,1-3H3/t23-/m0/s1. The normalized spacial score (nSPS) is 14.1. The zero-order chi connectivity index (χ0) is 30.8. The van der Waals surface area contributed by atoms with Crippen molar-refractivity contribution in [3.05, 3.63) is 106 Å². The molecule has 0 amide bonds. The maximum absolute atomic E-state index is 13.8. The monoisotopic (exact) mass is 594 g/mol. The molecule has 6 rings (SSSR count). The predicted molar refractivity (Wildman–Crippen MR) is 163 cm³/mol. The fourth-order valence-electron chi connectivity index (χ4n) is 5.56. The number of hydrogen-bond acceptors (Lipinski definition) is 9. The molecule has 9 heteroatoms. The number of phenols is 1. The number of hydrogen-bond donors (Lipinski definition) is 1. The Morgan fingerprint density at radius 3 is 2.32 bits per heavy atom. The van der Waals surface area contributed by atoms with Crippen molar-refractivity contribution in [1.82, 2.24) is 0 Å². The van der Waals surface area contributed by atoms with Crippen LogP contribution < -0.4 is 29.1 Å². The Morgan fingerprint density at radius 2 is 1.57 bits per heavy atom. The number of fused-ring (bicyclic) bond motifs is 3. The van der Waals surface area contributed by atoms with Gasteiger partial charge in [0.1, 0.15) is 28.7 Å². The summed E-state index contributed by atoms with van der Waals surface area (Å²) in [5.74, 6) is 0.746. The third kappa shape index (κ3) is 5.28. The molecule has 0 saturated carbocycles. The summed E-state index contributed by atoms with van der Waals surface area (Å²) in [5, 5.41) is 10.9. The third-order valence-electron chi connectivity index (χ3n) is 7.75. The van der Waals surface area contributed by atoms with Crippen LogP contribution in [0.1, 0.15) is 29.0 Å². The second-order valence-electron chi connectivity index (χ2n) is 10.3. The summed E-state index contributed by atoms with van der Waals surface area (Å²) in [7, 11) is 4.57. The van der Waals surface area contributed by atoms with Crippen LogP contribution in [0.3, 0.4) is 0 Å². The molecule has 224 valence electrons. The van der Waals surface area contributed by atoms with Gasteiger partial charge < -0.3 is 33.2 Å². The number of esters is 1. The SMILES string of the molecule is COc1ccc(-c2coc3c4c(cc(O)c3c2=O)OC(=O)C[C@H]4c2ccc(OCCc3ccccc3)c(OC)c2)cc1OC. The second kappa shape index (κ2) is 12.0. The quantitative estimate of drug-likeness (QED) is 0.156. The number of carbonyl (C=O) groups excluding carboxylic acids is 1. The van der Waals surface area contributed by atoms with E-state index in [1.807, 2.05) is 36.4 Å². The highest BCUT2D eigenvalue weighted by Crippen LogP contribution is 2.47. The Hall–Kier alpha value is -5.44. The van der Waals surface area contributed by atoms with Gasteiger partial charge in [0, 0.05) is 24.0 Å². The molecule has 0 spiro atoms. The van der Waals surface area contributed by atoms with Gasteiger partial charge in [-0.15, -0.1) is 0 Å². The van der Waals surface area contributed by atoms with E-state index in [1.54, 1.807) is 37.4 Å². The lowest BCUT2D eigenvalue weighted by molar-refractivity contribution is -0.135. The molecule has 1 aliphatic heterocycles. The topological polar surface area (TPSA) is 114 Å². The highest BCUT2D eigenvalue weighted by molar-refractivity contribution is 5.94. The van der Waals surface area contributed by atoms with Gasteiger partial charge in [-0.05, 0) is 41.0 Å². The van der Waals surface area contributed by atoms with Gasteiger partial charge in [0.25, 0.3) is 0 Å². The third-order valence-corrected chi connectivity index (χ3v) is 7.75. The first kappa shape index (κ1) is 28.7. The lowest BCUT2D eigenvalue weighted by atomic mass is 9.84. The number of methoxy groups -OCH3 is 3. The molecule has 5 aromatic rings. The van der Waals surface area contributed by atoms with Crippen molar-refractivity contribution in [2.45, 2.75) is 18.8 Å². The molecular weight excluding hydrogens is 564 g/mol. The van der Waals surface area contributed by atoms with Crippen molar-refractivity contribution in [2.75, 3.05) is 27.9 Å². The first-order valence-electron chi connectivity index (χ1n) is 14.0. The Balaban J connectivity index is 1.39. The maximum atomic E-state index is 13.8. The summed E-state index contributed by atoms with van der Waals surface area (Å²) in [4.78, 5) is 26.5. The van der Waals surface area contributed by atoms with E-state index in [1.165, 1.54) is 26.5 Å². The largest absolute Gasteiger partial charge is 0.507 e. The Kier molecular flexibility index (Phi) is 7.85. The van der Waals surface area contributed by atoms with E-state index in [-0.39, 0.29) is 34.5 Å². The van der Waals surface area contributed by atoms with Gasteiger partial charge in [0.2, 0.25) is 5.43 Å². The van der Waals surface area contributed by atoms with E-state index >= 15 is 0 Å². The van der Waals surface area contributed by atoms with Crippen LogP contribution in [0.4, 0.5) is 0 Å². The molecule has 0 bridgehead atoms. The van der Waals surface area contributed by atoms with E-state index < -0.39 is 17.3 Å². The molecule has 0 aliphatic carbocycles. The molecule has 1 aliphatic rings. The lowest BCUT2D eigenvalue weighted by Gasteiger charge is -2.26. The minimum absolute atomic E-state index is 0.00855. The zero-order valence-corrected chi connectivity index (χ0v) is 24.4. The zero-order valence-electron chi connectivity index (χ0n) is 24.4. The molecule has 0 radical (unpaired) electrons. The van der Waals surface area contributed by atoms with Crippen LogP contribution in [-0.2, 0) is 11.2 Å². The molecule has 4 aromatic carbocycles. The van der Waals surface area contributed by atoms with Gasteiger partial charge in [-0.1, -0.05) is 42.5 Å². The second-order valence-corrected chi connectivity index (χ2v) is 10.3. The summed E-state index contributed by atoms with van der Waals surface area (Å²) in [6.07, 6.45) is 2.06. The molecule has 44 heavy (non-hydrogen) atoms. The highest BCUT2D eigenvalue weighted by Gasteiger charge is 2.34. The van der Waals surface area contributed by atoms with Crippen LogP contribution >= 0.6 is 0 Å². The van der Waals surface area contributed by atoms with Gasteiger partial charge in [0.05, 0.1) is 39.9 Å². The molecule has 0 saturated heterocycles. The smallest absolute Gasteiger partial charge is 0.312 e. The summed E-state index contributed by atoms with van der Waals surface area (Å²) in [5.41, 5.74) is 2.79. The van der Waals surface area contributed by atoms with Crippen LogP contribution in [0.5, 0.6) is 34.5 Å². The number of phenolic OH excluding ortho intramolecular Hbond substituents is 1. The lowest BCUT2D eigenvalue weighted by Crippen LogP contribution is -2.22. The molecule has 1 aromatic heterocycles. The van der Waals surface area contributed by atoms with E-state index in [2.05, 4.69) is 0 Å². The fraction of sp³-hybridized carbons (Fsp3) is 0.200. The molecule has 9 nitrogen and oxygen atoms in total. The van der Waals surface area contributed by atoms with Gasteiger partial charge in [0.15, 0.2) is 23.0 Å². The van der Waals surface area contributed by atoms with E-state index in [9.17, 15) is 14.7 Å². The summed E-state index contributed by atoms with van der Waals surface area (Å²) < 4.78 is 34.0. The van der Waals surface area contributed by atoms with Crippen molar-refractivity contribution in [2.24, 2.45) is 0 Å². The molecule has 0 unspecified atom stereocenters. The van der Waals surface area contributed by atoms with E-state index in [0.29, 0.717) is 40.7 Å². The Labute approximate surface area is 253 Å². The van der Waals surface area contributed by atoms with Crippen molar-refractivity contribution in [3.63, 3.8) is 0 Å². The Morgan fingerprint density at radius 1 is 0.841 bits per heavy atom. The van der Waals surface area contributed by atoms with Crippen LogP contribution in [0.2, 0.25) is 0 Å². The highest BCUT2D eigenvalue weighted by atomic mass is 16.5. The molecular formula is C35H30O9. The van der Waals surface area contributed by atoms with Crippen LogP contribution in [0.15, 0.2) is 88.3 Å². The van der Waals surface area contributed by atoms with Gasteiger partial charge in [-0.3, -0.25) is 9.59 Å². The number of aromatic hydroxyl groups is 1. The van der Waals surface area contributed by atoms with Crippen molar-refractivity contribution < 1.29 is 38.0 Å². The number of benzene rings is 4. The number of rotatable bonds is 9. The fourth-order valence-corrected chi connectivity index (χ4v) is 5.56. The van der Waals surface area contributed by atoms with Crippen LogP contribution in [0.25, 0.3) is 22.1 Å². The van der Waals surface area contributed by atoms with Crippen LogP contribution in [-0.4, -0.2) is 39.0 Å². The predicted octanol–water partition coefficient (Wildman–Crippen LogP) is 6.25. The summed E-state index contributed by atoms with van der Waals surface area (Å²) in [6.45, 7) is 0.454. The van der Waals surface area contributed by atoms with Crippen molar-refractivity contribution in [1.29, 1.82) is 0 Å². The summed E-state index contributed by atoms with van der Waals surface area (Å²) in [6, 6.07) is 21.8. The average molecular weight is 595 g/mol. The minimum atomic E-state index is -0.545.